The van der Waals surface area contributed by atoms with E-state index in [1.54, 1.807) is 0 Å². The maximum Gasteiger partial charge on any atom is 0.209 e. The zero-order valence-corrected chi connectivity index (χ0v) is 8.72. The summed E-state index contributed by atoms with van der Waals surface area (Å²) in [5.74, 6) is 0.0878. The normalized spacial score (nSPS) is 13.1. The van der Waals surface area contributed by atoms with Crippen LogP contribution >= 0.6 is 0 Å². The number of guanidine groups is 1. The Kier molecular flexibility index (Phi) is 1.77. The monoisotopic (exact) mass is 212 g/mol. The number of anilines is 1. The first kappa shape index (κ1) is 9.03. The Labute approximate surface area is 93.1 Å². The van der Waals surface area contributed by atoms with Gasteiger partial charge < -0.3 is 11.5 Å². The standard InChI is InChI=1S/C12H12N4/c13-12(14)15-16-7-9-5-1-3-8-4-2-6-10(16)11(8)9/h1-6H,7H2,(H4,13,14,15). The first-order valence-corrected chi connectivity index (χ1v) is 5.13. The molecule has 1 heterocycles. The number of nitrogens with zero attached hydrogens (tertiary/aromatic N) is 2. The van der Waals surface area contributed by atoms with Crippen LogP contribution in [0.2, 0.25) is 0 Å². The minimum absolute atomic E-state index is 0.0878. The van der Waals surface area contributed by atoms with E-state index in [0.29, 0.717) is 0 Å². The van der Waals surface area contributed by atoms with Crippen molar-refractivity contribution in [2.24, 2.45) is 16.6 Å². The van der Waals surface area contributed by atoms with Gasteiger partial charge in [-0.05, 0) is 17.0 Å². The van der Waals surface area contributed by atoms with Crippen LogP contribution in [0.4, 0.5) is 5.69 Å². The first-order chi connectivity index (χ1) is 7.75. The fourth-order valence-corrected chi connectivity index (χ4v) is 2.22. The quantitative estimate of drug-likeness (QED) is 0.554. The molecule has 0 saturated heterocycles. The highest BCUT2D eigenvalue weighted by molar-refractivity contribution is 5.99. The maximum atomic E-state index is 5.42. The Hall–Kier alpha value is -2.23. The van der Waals surface area contributed by atoms with Crippen LogP contribution < -0.4 is 16.5 Å². The predicted molar refractivity (Wildman–Crippen MR) is 65.9 cm³/mol. The lowest BCUT2D eigenvalue weighted by Gasteiger charge is -2.12. The lowest BCUT2D eigenvalue weighted by molar-refractivity contribution is 0.884. The van der Waals surface area contributed by atoms with Gasteiger partial charge in [-0.1, -0.05) is 30.3 Å². The summed E-state index contributed by atoms with van der Waals surface area (Å²) < 4.78 is 0. The van der Waals surface area contributed by atoms with Crippen molar-refractivity contribution in [3.63, 3.8) is 0 Å². The summed E-state index contributed by atoms with van der Waals surface area (Å²) in [6.45, 7) is 0.731. The van der Waals surface area contributed by atoms with E-state index in [9.17, 15) is 0 Å². The summed E-state index contributed by atoms with van der Waals surface area (Å²) in [4.78, 5) is 0. The third kappa shape index (κ3) is 1.20. The van der Waals surface area contributed by atoms with E-state index in [2.05, 4.69) is 29.4 Å². The highest BCUT2D eigenvalue weighted by Gasteiger charge is 2.20. The third-order valence-corrected chi connectivity index (χ3v) is 2.80. The first-order valence-electron chi connectivity index (χ1n) is 5.13. The molecule has 0 radical (unpaired) electrons. The molecular formula is C12H12N4. The van der Waals surface area contributed by atoms with Crippen molar-refractivity contribution >= 4 is 22.4 Å². The molecule has 2 aromatic carbocycles. The molecule has 2 aromatic rings. The summed E-state index contributed by atoms with van der Waals surface area (Å²) in [7, 11) is 0. The summed E-state index contributed by atoms with van der Waals surface area (Å²) in [5.41, 5.74) is 13.2. The van der Waals surface area contributed by atoms with Crippen LogP contribution in [-0.2, 0) is 6.54 Å². The third-order valence-electron chi connectivity index (χ3n) is 2.80. The van der Waals surface area contributed by atoms with E-state index in [1.807, 2.05) is 17.1 Å². The van der Waals surface area contributed by atoms with Gasteiger partial charge in [0.1, 0.15) is 0 Å². The molecule has 4 heteroatoms. The number of hydrazone groups is 1. The van der Waals surface area contributed by atoms with E-state index < -0.39 is 0 Å². The molecule has 4 N–H and O–H groups in total. The predicted octanol–water partition coefficient (Wildman–Crippen LogP) is 1.35. The molecule has 1 aliphatic heterocycles. The molecule has 0 aromatic heterocycles. The fourth-order valence-electron chi connectivity index (χ4n) is 2.22. The Morgan fingerprint density at radius 1 is 1.12 bits per heavy atom. The molecule has 4 nitrogen and oxygen atoms in total. The van der Waals surface area contributed by atoms with E-state index in [4.69, 9.17) is 11.5 Å². The number of benzene rings is 2. The zero-order valence-electron chi connectivity index (χ0n) is 8.72. The molecule has 0 amide bonds. The number of nitrogens with two attached hydrogens (primary N) is 2. The summed E-state index contributed by atoms with van der Waals surface area (Å²) in [6.07, 6.45) is 0. The molecule has 0 atom stereocenters. The van der Waals surface area contributed by atoms with Crippen molar-refractivity contribution in [1.82, 2.24) is 0 Å². The Balaban J connectivity index is 2.25. The van der Waals surface area contributed by atoms with Crippen LogP contribution in [0.1, 0.15) is 5.56 Å². The van der Waals surface area contributed by atoms with Gasteiger partial charge in [-0.2, -0.15) is 0 Å². The van der Waals surface area contributed by atoms with Crippen molar-refractivity contribution in [3.8, 4) is 0 Å². The smallest absolute Gasteiger partial charge is 0.209 e. The van der Waals surface area contributed by atoms with Crippen LogP contribution in [0.15, 0.2) is 41.5 Å². The van der Waals surface area contributed by atoms with Crippen LogP contribution in [0.3, 0.4) is 0 Å². The Morgan fingerprint density at radius 3 is 2.62 bits per heavy atom. The number of hydrogen-bond acceptors (Lipinski definition) is 2. The zero-order chi connectivity index (χ0) is 11.1. The van der Waals surface area contributed by atoms with E-state index in [-0.39, 0.29) is 5.96 Å². The van der Waals surface area contributed by atoms with Crippen molar-refractivity contribution in [2.45, 2.75) is 6.54 Å². The van der Waals surface area contributed by atoms with Gasteiger partial charge in [0.2, 0.25) is 5.96 Å². The second kappa shape index (κ2) is 3.13. The topological polar surface area (TPSA) is 67.6 Å². The van der Waals surface area contributed by atoms with Gasteiger partial charge >= 0.3 is 0 Å². The van der Waals surface area contributed by atoms with Gasteiger partial charge in [-0.3, -0.25) is 5.01 Å². The highest BCUT2D eigenvalue weighted by Crippen LogP contribution is 2.37. The molecule has 1 aliphatic rings. The van der Waals surface area contributed by atoms with Gasteiger partial charge in [0.05, 0.1) is 12.2 Å². The Morgan fingerprint density at radius 2 is 1.88 bits per heavy atom. The van der Waals surface area contributed by atoms with Crippen molar-refractivity contribution in [1.29, 1.82) is 0 Å². The van der Waals surface area contributed by atoms with Gasteiger partial charge in [0.25, 0.3) is 0 Å². The van der Waals surface area contributed by atoms with Crippen molar-refractivity contribution < 1.29 is 0 Å². The molecule has 0 spiro atoms. The average molecular weight is 212 g/mol. The lowest BCUT2D eigenvalue weighted by Crippen LogP contribution is -2.27. The van der Waals surface area contributed by atoms with Gasteiger partial charge in [-0.25, -0.2) is 0 Å². The minimum atomic E-state index is 0.0878. The summed E-state index contributed by atoms with van der Waals surface area (Å²) in [5, 5.41) is 8.43. The fraction of sp³-hybridized carbons (Fsp3) is 0.0833. The molecule has 3 rings (SSSR count). The van der Waals surface area contributed by atoms with E-state index >= 15 is 0 Å². The maximum absolute atomic E-state index is 5.42. The molecule has 0 saturated carbocycles. The highest BCUT2D eigenvalue weighted by atomic mass is 15.5. The van der Waals surface area contributed by atoms with E-state index in [0.717, 1.165) is 12.2 Å². The number of hydrogen-bond donors (Lipinski definition) is 2. The molecule has 80 valence electrons. The molecular weight excluding hydrogens is 200 g/mol. The number of rotatable bonds is 1. The van der Waals surface area contributed by atoms with Gasteiger partial charge in [0, 0.05) is 5.39 Å². The Bertz CT molecular complexity index is 579. The van der Waals surface area contributed by atoms with Gasteiger partial charge in [-0.15, -0.1) is 5.10 Å². The van der Waals surface area contributed by atoms with E-state index in [1.165, 1.54) is 16.3 Å². The largest absolute Gasteiger partial charge is 0.369 e. The average Bonchev–Trinajstić information content (AvgIpc) is 2.59. The van der Waals surface area contributed by atoms with Crippen molar-refractivity contribution in [3.05, 3.63) is 42.0 Å². The molecule has 0 unspecified atom stereocenters. The van der Waals surface area contributed by atoms with Crippen LogP contribution in [0.5, 0.6) is 0 Å². The molecule has 0 aliphatic carbocycles. The van der Waals surface area contributed by atoms with Crippen LogP contribution in [0, 0.1) is 0 Å². The SMILES string of the molecule is NC(N)=NN1Cc2cccc3cccc1c23. The molecule has 16 heavy (non-hydrogen) atoms. The van der Waals surface area contributed by atoms with Crippen LogP contribution in [0.25, 0.3) is 10.8 Å². The summed E-state index contributed by atoms with van der Waals surface area (Å²) in [6, 6.07) is 12.4. The minimum Gasteiger partial charge on any atom is -0.369 e. The molecule has 0 fully saturated rings. The lowest BCUT2D eigenvalue weighted by atomic mass is 10.1. The van der Waals surface area contributed by atoms with Crippen molar-refractivity contribution in [2.75, 3.05) is 5.01 Å². The molecule has 0 bridgehead atoms. The second-order valence-corrected chi connectivity index (χ2v) is 3.87. The second-order valence-electron chi connectivity index (χ2n) is 3.87. The van der Waals surface area contributed by atoms with Gasteiger partial charge in [0.15, 0.2) is 0 Å². The summed E-state index contributed by atoms with van der Waals surface area (Å²) >= 11 is 0. The van der Waals surface area contributed by atoms with Crippen LogP contribution in [-0.4, -0.2) is 5.96 Å².